The summed E-state index contributed by atoms with van der Waals surface area (Å²) in [6.45, 7) is 2.20. The van der Waals surface area contributed by atoms with E-state index in [0.717, 1.165) is 12.0 Å². The average molecular weight is 288 g/mol. The predicted molar refractivity (Wildman–Crippen MR) is 80.3 cm³/mol. The van der Waals surface area contributed by atoms with Crippen LogP contribution in [0.1, 0.15) is 29.0 Å². The van der Waals surface area contributed by atoms with E-state index in [4.69, 9.17) is 10.5 Å². The van der Waals surface area contributed by atoms with Gasteiger partial charge in [-0.15, -0.1) is 11.3 Å². The summed E-state index contributed by atoms with van der Waals surface area (Å²) < 4.78 is 5.36. The Hall–Kier alpha value is -1.85. The molecule has 0 fully saturated rings. The van der Waals surface area contributed by atoms with Crippen LogP contribution < -0.4 is 15.8 Å². The Labute approximate surface area is 121 Å². The number of hydrogen-bond donors (Lipinski definition) is 2. The lowest BCUT2D eigenvalue weighted by Crippen LogP contribution is -2.25. The number of nitrogens with one attached hydrogen (secondary N) is 1. The second-order valence-electron chi connectivity index (χ2n) is 4.73. The highest BCUT2D eigenvalue weighted by Crippen LogP contribution is 2.34. The summed E-state index contributed by atoms with van der Waals surface area (Å²) in [5.41, 5.74) is 9.32. The lowest BCUT2D eigenvalue weighted by molar-refractivity contribution is -0.118. The number of carbonyl (C=O) groups excluding carboxylic acids is 1. The van der Waals surface area contributed by atoms with Gasteiger partial charge in [-0.1, -0.05) is 13.0 Å². The van der Waals surface area contributed by atoms with Gasteiger partial charge in [0.1, 0.15) is 5.75 Å². The largest absolute Gasteiger partial charge is 0.482 e. The minimum Gasteiger partial charge on any atom is -0.482 e. The fourth-order valence-electron chi connectivity index (χ4n) is 2.36. The zero-order chi connectivity index (χ0) is 14.1. The van der Waals surface area contributed by atoms with E-state index in [0.29, 0.717) is 11.4 Å². The Bertz CT molecular complexity index is 651. The number of nitrogens with two attached hydrogens (primary N) is 1. The Morgan fingerprint density at radius 1 is 1.45 bits per heavy atom. The van der Waals surface area contributed by atoms with Crippen molar-refractivity contribution in [3.63, 3.8) is 0 Å². The summed E-state index contributed by atoms with van der Waals surface area (Å²) in [4.78, 5) is 12.5. The van der Waals surface area contributed by atoms with Gasteiger partial charge in [-0.05, 0) is 41.1 Å². The van der Waals surface area contributed by atoms with Crippen LogP contribution in [0.15, 0.2) is 29.6 Å². The van der Waals surface area contributed by atoms with Gasteiger partial charge in [0.05, 0.1) is 11.7 Å². The second-order valence-corrected chi connectivity index (χ2v) is 5.68. The molecule has 1 atom stereocenters. The number of anilines is 1. The van der Waals surface area contributed by atoms with Crippen LogP contribution in [0.5, 0.6) is 5.75 Å². The summed E-state index contributed by atoms with van der Waals surface area (Å²) in [5.74, 6) is 0.566. The molecule has 0 bridgehead atoms. The van der Waals surface area contributed by atoms with E-state index in [1.165, 1.54) is 10.4 Å². The highest BCUT2D eigenvalue weighted by Gasteiger charge is 2.19. The first-order chi connectivity index (χ1) is 9.69. The van der Waals surface area contributed by atoms with Crippen molar-refractivity contribution in [3.05, 3.63) is 45.6 Å². The van der Waals surface area contributed by atoms with Crippen molar-refractivity contribution in [1.29, 1.82) is 0 Å². The van der Waals surface area contributed by atoms with Crippen LogP contribution in [0.2, 0.25) is 0 Å². The lowest BCUT2D eigenvalue weighted by Gasteiger charge is -2.20. The minimum atomic E-state index is -0.172. The number of fused-ring (bicyclic) bond motifs is 1. The number of rotatable bonds is 3. The summed E-state index contributed by atoms with van der Waals surface area (Å²) in [6.07, 6.45) is 0.970. The number of amides is 1. The first-order valence-corrected chi connectivity index (χ1v) is 7.45. The van der Waals surface area contributed by atoms with Crippen molar-refractivity contribution in [2.75, 3.05) is 11.9 Å². The van der Waals surface area contributed by atoms with Crippen LogP contribution in [0.4, 0.5) is 5.69 Å². The van der Waals surface area contributed by atoms with Gasteiger partial charge in [-0.3, -0.25) is 4.79 Å². The SMILES string of the molecule is CCc1ccsc1C(N)c1ccc2c(c1)NC(=O)CO2. The van der Waals surface area contributed by atoms with Gasteiger partial charge in [-0.2, -0.15) is 0 Å². The molecule has 1 amide bonds. The van der Waals surface area contributed by atoms with Crippen LogP contribution in [-0.4, -0.2) is 12.5 Å². The maximum absolute atomic E-state index is 11.4. The summed E-state index contributed by atoms with van der Waals surface area (Å²) in [7, 11) is 0. The fraction of sp³-hybridized carbons (Fsp3) is 0.267. The molecule has 3 rings (SSSR count). The highest BCUT2D eigenvalue weighted by molar-refractivity contribution is 7.10. The molecule has 4 nitrogen and oxygen atoms in total. The predicted octanol–water partition coefficient (Wildman–Crippen LogP) is 2.69. The molecule has 2 aromatic rings. The Morgan fingerprint density at radius 2 is 2.30 bits per heavy atom. The van der Waals surface area contributed by atoms with Crippen molar-refractivity contribution in [2.45, 2.75) is 19.4 Å². The molecule has 1 unspecified atom stereocenters. The molecule has 0 saturated carbocycles. The minimum absolute atomic E-state index is 0.0727. The third-order valence-corrected chi connectivity index (χ3v) is 4.48. The Kier molecular flexibility index (Phi) is 3.46. The summed E-state index contributed by atoms with van der Waals surface area (Å²) in [5, 5.41) is 4.88. The van der Waals surface area contributed by atoms with Gasteiger partial charge < -0.3 is 15.8 Å². The molecule has 20 heavy (non-hydrogen) atoms. The monoisotopic (exact) mass is 288 g/mol. The van der Waals surface area contributed by atoms with E-state index in [-0.39, 0.29) is 18.6 Å². The van der Waals surface area contributed by atoms with E-state index in [9.17, 15) is 4.79 Å². The van der Waals surface area contributed by atoms with Crippen molar-refractivity contribution in [2.24, 2.45) is 5.73 Å². The maximum atomic E-state index is 11.4. The summed E-state index contributed by atoms with van der Waals surface area (Å²) in [6, 6.07) is 7.66. The smallest absolute Gasteiger partial charge is 0.262 e. The van der Waals surface area contributed by atoms with E-state index < -0.39 is 0 Å². The molecule has 1 aromatic heterocycles. The van der Waals surface area contributed by atoms with E-state index in [1.807, 2.05) is 18.2 Å². The van der Waals surface area contributed by atoms with Crippen molar-refractivity contribution >= 4 is 22.9 Å². The molecule has 0 spiro atoms. The van der Waals surface area contributed by atoms with Gasteiger partial charge in [0, 0.05) is 4.88 Å². The first kappa shape index (κ1) is 13.1. The zero-order valence-electron chi connectivity index (χ0n) is 11.2. The molecule has 0 aliphatic carbocycles. The third-order valence-electron chi connectivity index (χ3n) is 3.44. The molecular formula is C15H16N2O2S. The summed E-state index contributed by atoms with van der Waals surface area (Å²) >= 11 is 1.67. The number of aryl methyl sites for hydroxylation is 1. The maximum Gasteiger partial charge on any atom is 0.262 e. The van der Waals surface area contributed by atoms with Crippen LogP contribution in [-0.2, 0) is 11.2 Å². The van der Waals surface area contributed by atoms with Crippen LogP contribution in [0, 0.1) is 0 Å². The van der Waals surface area contributed by atoms with E-state index >= 15 is 0 Å². The first-order valence-electron chi connectivity index (χ1n) is 6.57. The number of thiophene rings is 1. The van der Waals surface area contributed by atoms with E-state index in [2.05, 4.69) is 23.7 Å². The van der Waals surface area contributed by atoms with Gasteiger partial charge in [0.2, 0.25) is 0 Å². The van der Waals surface area contributed by atoms with Crippen LogP contribution in [0.25, 0.3) is 0 Å². The van der Waals surface area contributed by atoms with Crippen molar-refractivity contribution in [3.8, 4) is 5.75 Å². The fourth-order valence-corrected chi connectivity index (χ4v) is 3.38. The van der Waals surface area contributed by atoms with Crippen LogP contribution in [0.3, 0.4) is 0 Å². The molecular weight excluding hydrogens is 272 g/mol. The molecule has 5 heteroatoms. The lowest BCUT2D eigenvalue weighted by atomic mass is 10.0. The second kappa shape index (κ2) is 5.26. The quantitative estimate of drug-likeness (QED) is 0.912. The van der Waals surface area contributed by atoms with E-state index in [1.54, 1.807) is 11.3 Å². The number of hydrogen-bond acceptors (Lipinski definition) is 4. The van der Waals surface area contributed by atoms with Gasteiger partial charge in [0.15, 0.2) is 6.61 Å². The number of benzene rings is 1. The van der Waals surface area contributed by atoms with Gasteiger partial charge in [0.25, 0.3) is 5.91 Å². The number of carbonyl (C=O) groups is 1. The third kappa shape index (κ3) is 2.30. The van der Waals surface area contributed by atoms with Crippen molar-refractivity contribution in [1.82, 2.24) is 0 Å². The highest BCUT2D eigenvalue weighted by atomic mass is 32.1. The van der Waals surface area contributed by atoms with Crippen molar-refractivity contribution < 1.29 is 9.53 Å². The van der Waals surface area contributed by atoms with Crippen LogP contribution >= 0.6 is 11.3 Å². The normalized spacial score (nSPS) is 15.2. The molecule has 1 aliphatic rings. The topological polar surface area (TPSA) is 64.3 Å². The standard InChI is InChI=1S/C15H16N2O2S/c1-2-9-5-6-20-15(9)14(16)10-3-4-12-11(7-10)17-13(18)8-19-12/h3-7,14H,2,8,16H2,1H3,(H,17,18). The average Bonchev–Trinajstić information content (AvgIpc) is 2.94. The Morgan fingerprint density at radius 3 is 3.10 bits per heavy atom. The number of ether oxygens (including phenoxy) is 1. The molecule has 0 radical (unpaired) electrons. The zero-order valence-corrected chi connectivity index (χ0v) is 12.0. The van der Waals surface area contributed by atoms with Gasteiger partial charge >= 0.3 is 0 Å². The molecule has 1 aliphatic heterocycles. The molecule has 0 saturated heterocycles. The molecule has 3 N–H and O–H groups in total. The Balaban J connectivity index is 1.94. The molecule has 1 aromatic carbocycles. The van der Waals surface area contributed by atoms with Gasteiger partial charge in [-0.25, -0.2) is 0 Å². The molecule has 2 heterocycles. The molecule has 104 valence electrons.